The van der Waals surface area contributed by atoms with Crippen LogP contribution in [0.1, 0.15) is 58.9 Å². The molecule has 27 heavy (non-hydrogen) atoms. The van der Waals surface area contributed by atoms with Crippen molar-refractivity contribution in [2.75, 3.05) is 11.9 Å². The van der Waals surface area contributed by atoms with Crippen molar-refractivity contribution in [2.45, 2.75) is 47.1 Å². The fourth-order valence-corrected chi connectivity index (χ4v) is 3.07. The van der Waals surface area contributed by atoms with E-state index in [4.69, 9.17) is 17.0 Å². The average Bonchev–Trinajstić information content (AvgIpc) is 2.64. The van der Waals surface area contributed by atoms with Gasteiger partial charge >= 0.3 is 5.97 Å². The third kappa shape index (κ3) is 5.54. The van der Waals surface area contributed by atoms with Crippen LogP contribution >= 0.6 is 12.2 Å². The second-order valence-electron chi connectivity index (χ2n) is 6.65. The molecule has 0 aliphatic heterocycles. The van der Waals surface area contributed by atoms with E-state index in [-0.39, 0.29) is 12.0 Å². The summed E-state index contributed by atoms with van der Waals surface area (Å²) < 4.78 is 5.07. The van der Waals surface area contributed by atoms with Crippen LogP contribution in [0, 0.1) is 20.8 Å². The third-order valence-corrected chi connectivity index (χ3v) is 4.86. The fourth-order valence-electron chi connectivity index (χ4n) is 2.82. The maximum absolute atomic E-state index is 12.0. The summed E-state index contributed by atoms with van der Waals surface area (Å²) in [7, 11) is 0. The van der Waals surface area contributed by atoms with Gasteiger partial charge in [0.15, 0.2) is 5.11 Å². The summed E-state index contributed by atoms with van der Waals surface area (Å²) in [6.45, 7) is 10.5. The zero-order chi connectivity index (χ0) is 20.0. The molecule has 4 nitrogen and oxygen atoms in total. The van der Waals surface area contributed by atoms with Gasteiger partial charge in [-0.1, -0.05) is 31.2 Å². The van der Waals surface area contributed by atoms with Crippen molar-refractivity contribution in [3.63, 3.8) is 0 Å². The van der Waals surface area contributed by atoms with E-state index in [9.17, 15) is 4.79 Å². The molecule has 0 fully saturated rings. The minimum atomic E-state index is -0.332. The van der Waals surface area contributed by atoms with Crippen molar-refractivity contribution in [3.05, 3.63) is 64.2 Å². The monoisotopic (exact) mass is 384 g/mol. The number of thiocarbonyl (C=S) groups is 1. The molecule has 5 heteroatoms. The molecule has 1 atom stereocenters. The number of benzene rings is 2. The summed E-state index contributed by atoms with van der Waals surface area (Å²) in [6.07, 6.45) is 0.909. The summed E-state index contributed by atoms with van der Waals surface area (Å²) in [5.74, 6) is -0.332. The standard InChI is InChI=1S/C22H28N2O2S/c1-6-19(17-10-8-14(3)16(5)12-17)23-22(27)24-20-13-18(11-9-15(20)4)21(25)26-7-2/h8-13,19H,6-7H2,1-5H3,(H2,23,24,27)/t19-/m1/s1. The number of carbonyl (C=O) groups is 1. The Bertz CT molecular complexity index is 833. The van der Waals surface area contributed by atoms with Gasteiger partial charge in [-0.3, -0.25) is 0 Å². The van der Waals surface area contributed by atoms with Gasteiger partial charge in [0.1, 0.15) is 0 Å². The topological polar surface area (TPSA) is 50.4 Å². The summed E-state index contributed by atoms with van der Waals surface area (Å²) >= 11 is 5.52. The predicted molar refractivity (Wildman–Crippen MR) is 115 cm³/mol. The highest BCUT2D eigenvalue weighted by molar-refractivity contribution is 7.80. The van der Waals surface area contributed by atoms with Crippen LogP contribution in [-0.4, -0.2) is 17.7 Å². The number of hydrogen-bond donors (Lipinski definition) is 2. The highest BCUT2D eigenvalue weighted by Gasteiger charge is 2.13. The van der Waals surface area contributed by atoms with Gasteiger partial charge in [0, 0.05) is 5.69 Å². The van der Waals surface area contributed by atoms with E-state index in [0.29, 0.717) is 17.3 Å². The van der Waals surface area contributed by atoms with Crippen LogP contribution in [0.5, 0.6) is 0 Å². The van der Waals surface area contributed by atoms with E-state index in [1.807, 2.05) is 13.0 Å². The molecule has 2 rings (SSSR count). The lowest BCUT2D eigenvalue weighted by Gasteiger charge is -2.21. The van der Waals surface area contributed by atoms with Crippen LogP contribution in [-0.2, 0) is 4.74 Å². The first kappa shape index (κ1) is 20.9. The molecular weight excluding hydrogens is 356 g/mol. The first-order valence-electron chi connectivity index (χ1n) is 9.28. The van der Waals surface area contributed by atoms with Crippen LogP contribution in [0.15, 0.2) is 36.4 Å². The van der Waals surface area contributed by atoms with Gasteiger partial charge in [-0.2, -0.15) is 0 Å². The van der Waals surface area contributed by atoms with Gasteiger partial charge < -0.3 is 15.4 Å². The Balaban J connectivity index is 2.12. The molecule has 0 aliphatic rings. The highest BCUT2D eigenvalue weighted by Crippen LogP contribution is 2.21. The van der Waals surface area contributed by atoms with Crippen molar-refractivity contribution < 1.29 is 9.53 Å². The Morgan fingerprint density at radius 1 is 1.04 bits per heavy atom. The van der Waals surface area contributed by atoms with Crippen molar-refractivity contribution in [2.24, 2.45) is 0 Å². The zero-order valence-electron chi connectivity index (χ0n) is 16.7. The third-order valence-electron chi connectivity index (χ3n) is 4.64. The number of nitrogens with one attached hydrogen (secondary N) is 2. The Morgan fingerprint density at radius 3 is 2.37 bits per heavy atom. The Labute approximate surface area is 167 Å². The van der Waals surface area contributed by atoms with Gasteiger partial charge in [0.05, 0.1) is 18.2 Å². The molecule has 0 amide bonds. The Hall–Kier alpha value is -2.40. The summed E-state index contributed by atoms with van der Waals surface area (Å²) in [5, 5.41) is 7.14. The lowest BCUT2D eigenvalue weighted by molar-refractivity contribution is 0.0526. The molecular formula is C22H28N2O2S. The van der Waals surface area contributed by atoms with E-state index >= 15 is 0 Å². The molecule has 0 unspecified atom stereocenters. The highest BCUT2D eigenvalue weighted by atomic mass is 32.1. The quantitative estimate of drug-likeness (QED) is 0.528. The number of esters is 1. The van der Waals surface area contributed by atoms with Gasteiger partial charge in [0.2, 0.25) is 0 Å². The SMILES string of the molecule is CCOC(=O)c1ccc(C)c(NC(=S)N[C@H](CC)c2ccc(C)c(C)c2)c1. The van der Waals surface area contributed by atoms with E-state index in [1.165, 1.54) is 16.7 Å². The normalized spacial score (nSPS) is 11.6. The van der Waals surface area contributed by atoms with Gasteiger partial charge in [-0.25, -0.2) is 4.79 Å². The van der Waals surface area contributed by atoms with E-state index in [1.54, 1.807) is 19.1 Å². The van der Waals surface area contributed by atoms with Crippen LogP contribution in [0.3, 0.4) is 0 Å². The van der Waals surface area contributed by atoms with Crippen molar-refractivity contribution >= 4 is 29.0 Å². The van der Waals surface area contributed by atoms with Gasteiger partial charge in [-0.15, -0.1) is 0 Å². The predicted octanol–water partition coefficient (Wildman–Crippen LogP) is 5.23. The van der Waals surface area contributed by atoms with Crippen molar-refractivity contribution in [3.8, 4) is 0 Å². The summed E-state index contributed by atoms with van der Waals surface area (Å²) in [4.78, 5) is 12.0. The molecule has 0 bridgehead atoms. The Morgan fingerprint density at radius 2 is 1.74 bits per heavy atom. The molecule has 0 heterocycles. The molecule has 2 N–H and O–H groups in total. The fraction of sp³-hybridized carbons (Fsp3) is 0.364. The average molecular weight is 385 g/mol. The largest absolute Gasteiger partial charge is 0.462 e. The van der Waals surface area contributed by atoms with Crippen molar-refractivity contribution in [1.29, 1.82) is 0 Å². The number of carbonyl (C=O) groups excluding carboxylic acids is 1. The van der Waals surface area contributed by atoms with Crippen LogP contribution in [0.4, 0.5) is 5.69 Å². The van der Waals surface area contributed by atoms with Crippen LogP contribution < -0.4 is 10.6 Å². The second-order valence-corrected chi connectivity index (χ2v) is 7.06. The lowest BCUT2D eigenvalue weighted by Crippen LogP contribution is -2.32. The van der Waals surface area contributed by atoms with Gasteiger partial charge in [-0.05, 0) is 80.7 Å². The minimum absolute atomic E-state index is 0.123. The first-order chi connectivity index (χ1) is 12.8. The lowest BCUT2D eigenvalue weighted by atomic mass is 9.99. The summed E-state index contributed by atoms with van der Waals surface area (Å²) in [5.41, 5.74) is 6.07. The second kappa shape index (κ2) is 9.51. The number of ether oxygens (including phenoxy) is 1. The van der Waals surface area contributed by atoms with Crippen LogP contribution in [0.25, 0.3) is 0 Å². The van der Waals surface area contributed by atoms with E-state index < -0.39 is 0 Å². The number of aryl methyl sites for hydroxylation is 3. The number of anilines is 1. The van der Waals surface area contributed by atoms with Crippen LogP contribution in [0.2, 0.25) is 0 Å². The Kier molecular flexibility index (Phi) is 7.36. The van der Waals surface area contributed by atoms with Crippen molar-refractivity contribution in [1.82, 2.24) is 5.32 Å². The molecule has 144 valence electrons. The summed E-state index contributed by atoms with van der Waals surface area (Å²) in [6, 6.07) is 12.0. The number of rotatable bonds is 6. The molecule has 2 aromatic rings. The van der Waals surface area contributed by atoms with Gasteiger partial charge in [0.25, 0.3) is 0 Å². The van der Waals surface area contributed by atoms with E-state index in [0.717, 1.165) is 17.7 Å². The minimum Gasteiger partial charge on any atom is -0.462 e. The maximum Gasteiger partial charge on any atom is 0.338 e. The molecule has 2 aromatic carbocycles. The molecule has 0 aliphatic carbocycles. The molecule has 0 saturated heterocycles. The first-order valence-corrected chi connectivity index (χ1v) is 9.69. The molecule has 0 radical (unpaired) electrons. The molecule has 0 spiro atoms. The molecule has 0 saturated carbocycles. The number of hydrogen-bond acceptors (Lipinski definition) is 3. The van der Waals surface area contributed by atoms with E-state index in [2.05, 4.69) is 49.6 Å². The zero-order valence-corrected chi connectivity index (χ0v) is 17.5. The molecule has 0 aromatic heterocycles. The maximum atomic E-state index is 12.0. The smallest absolute Gasteiger partial charge is 0.338 e.